The van der Waals surface area contributed by atoms with Crippen molar-refractivity contribution in [3.05, 3.63) is 82.9 Å². The molecule has 0 atom stereocenters. The van der Waals surface area contributed by atoms with E-state index >= 15 is 0 Å². The van der Waals surface area contributed by atoms with E-state index < -0.39 is 9.21 Å². The average Bonchev–Trinajstić information content (AvgIpc) is 2.75. The maximum absolute atomic E-state index is 6.27. The number of nitrogens with two attached hydrogens (primary N) is 1. The molecular weight excluding hydrogens is 276 g/mol. The quantitative estimate of drug-likeness (QED) is 0.843. The summed E-state index contributed by atoms with van der Waals surface area (Å²) in [6.07, 6.45) is 0. The maximum Gasteiger partial charge on any atom is 0.152 e. The van der Waals surface area contributed by atoms with Crippen LogP contribution >= 0.6 is 9.21 Å². The largest absolute Gasteiger partial charge is 0.379 e. The fourth-order valence-corrected chi connectivity index (χ4v) is 5.06. The van der Waals surface area contributed by atoms with Crippen molar-refractivity contribution in [2.45, 2.75) is 6.92 Å². The van der Waals surface area contributed by atoms with E-state index in [0.29, 0.717) is 5.17 Å². The first-order chi connectivity index (χ1) is 10.2. The summed E-state index contributed by atoms with van der Waals surface area (Å²) < 4.78 is 0. The minimum absolute atomic E-state index is 0.702. The first-order valence-corrected chi connectivity index (χ1v) is 8.66. The number of nitrogens with zero attached hydrogens (tertiary/aromatic N) is 1. The third-order valence-corrected chi connectivity index (χ3v) is 6.15. The molecule has 0 saturated heterocycles. The van der Waals surface area contributed by atoms with E-state index in [9.17, 15) is 0 Å². The van der Waals surface area contributed by atoms with Gasteiger partial charge in [0.2, 0.25) is 0 Å². The third-order valence-electron chi connectivity index (χ3n) is 3.28. The zero-order valence-electron chi connectivity index (χ0n) is 11.9. The van der Waals surface area contributed by atoms with E-state index in [1.165, 1.54) is 11.1 Å². The lowest BCUT2D eigenvalue weighted by Crippen LogP contribution is -2.11. The molecule has 0 radical (unpaired) electrons. The predicted molar refractivity (Wildman–Crippen MR) is 96.2 cm³/mol. The van der Waals surface area contributed by atoms with Crippen LogP contribution in [0.5, 0.6) is 0 Å². The Morgan fingerprint density at radius 1 is 0.857 bits per heavy atom. The average molecular weight is 294 g/mol. The lowest BCUT2D eigenvalue weighted by Gasteiger charge is -2.10. The zero-order chi connectivity index (χ0) is 14.7. The van der Waals surface area contributed by atoms with E-state index in [4.69, 9.17) is 5.73 Å². The summed E-state index contributed by atoms with van der Waals surface area (Å²) in [5.74, 6) is 0. The Hall–Kier alpha value is -2.26. The summed E-state index contributed by atoms with van der Waals surface area (Å²) in [6.45, 7) is 2.00. The molecule has 1 heterocycles. The number of allylic oxidation sites excluding steroid dienone is 1. The molecule has 1 aliphatic heterocycles. The van der Waals surface area contributed by atoms with Crippen LogP contribution in [-0.4, -0.2) is 15.9 Å². The molecule has 3 heteroatoms. The van der Waals surface area contributed by atoms with Crippen LogP contribution in [0.2, 0.25) is 0 Å². The van der Waals surface area contributed by atoms with Gasteiger partial charge in [-0.25, -0.2) is 4.99 Å². The van der Waals surface area contributed by atoms with Gasteiger partial charge >= 0.3 is 0 Å². The first kappa shape index (κ1) is 13.7. The molecule has 106 valence electrons. The van der Waals surface area contributed by atoms with Crippen LogP contribution in [0.15, 0.2) is 76.8 Å². The highest BCUT2D eigenvalue weighted by molar-refractivity contribution is 8.43. The smallest absolute Gasteiger partial charge is 0.152 e. The number of hydrogen-bond acceptors (Lipinski definition) is 2. The lowest BCUT2D eigenvalue weighted by molar-refractivity contribution is 1.33. The second kappa shape index (κ2) is 5.62. The third kappa shape index (κ3) is 2.93. The number of rotatable bonds is 2. The summed E-state index contributed by atoms with van der Waals surface area (Å²) >= 11 is 0. The minimum Gasteiger partial charge on any atom is -0.379 e. The topological polar surface area (TPSA) is 38.4 Å². The second-order valence-electron chi connectivity index (χ2n) is 5.03. The van der Waals surface area contributed by atoms with Gasteiger partial charge in [-0.15, -0.1) is 9.21 Å². The van der Waals surface area contributed by atoms with Crippen LogP contribution < -0.4 is 5.73 Å². The highest BCUT2D eigenvalue weighted by Gasteiger charge is 2.14. The van der Waals surface area contributed by atoms with E-state index in [-0.39, 0.29) is 0 Å². The summed E-state index contributed by atoms with van der Waals surface area (Å²) in [5, 5.41) is 7.39. The summed E-state index contributed by atoms with van der Waals surface area (Å²) in [5.41, 5.74) is 9.60. The van der Waals surface area contributed by atoms with Gasteiger partial charge in [0, 0.05) is 5.70 Å². The van der Waals surface area contributed by atoms with Gasteiger partial charge in [-0.2, -0.15) is 0 Å². The van der Waals surface area contributed by atoms with E-state index in [2.05, 4.69) is 45.4 Å². The summed E-state index contributed by atoms with van der Waals surface area (Å²) in [7, 11) is -1.48. The van der Waals surface area contributed by atoms with Gasteiger partial charge in [0.15, 0.2) is 5.17 Å². The van der Waals surface area contributed by atoms with E-state index in [1.54, 1.807) is 0 Å². The van der Waals surface area contributed by atoms with Gasteiger partial charge in [0.05, 0.1) is 0 Å². The van der Waals surface area contributed by atoms with Crippen LogP contribution in [0.3, 0.4) is 0 Å². The molecule has 2 aromatic carbocycles. The SMILES string of the molecule is CC1=CS(=Cc2ccccc2)(=Cc2ccccc2)C(N)=N1. The Balaban J connectivity index is 2.26. The monoisotopic (exact) mass is 294 g/mol. The predicted octanol–water partition coefficient (Wildman–Crippen LogP) is 3.68. The molecule has 0 saturated carbocycles. The van der Waals surface area contributed by atoms with Gasteiger partial charge in [-0.05, 0) is 34.2 Å². The van der Waals surface area contributed by atoms with Crippen molar-refractivity contribution < 1.29 is 0 Å². The fraction of sp³-hybridized carbons (Fsp3) is 0.0556. The molecule has 0 fully saturated rings. The minimum atomic E-state index is -1.48. The van der Waals surface area contributed by atoms with Crippen molar-refractivity contribution in [2.75, 3.05) is 0 Å². The standard InChI is InChI=1S/C18H18N2S/c1-15-12-21(18(19)20-15,13-16-8-4-2-5-9-16)14-17-10-6-3-7-11-17/h2-14H,1H3,(H2,19,20). The van der Waals surface area contributed by atoms with Crippen molar-refractivity contribution in [1.29, 1.82) is 0 Å². The number of amidine groups is 1. The molecule has 21 heavy (non-hydrogen) atoms. The number of aliphatic imine (C=N–C) groups is 1. The van der Waals surface area contributed by atoms with Crippen LogP contribution in [0, 0.1) is 0 Å². The van der Waals surface area contributed by atoms with Gasteiger partial charge in [0.1, 0.15) is 0 Å². The van der Waals surface area contributed by atoms with Crippen molar-refractivity contribution in [1.82, 2.24) is 0 Å². The molecule has 0 bridgehead atoms. The summed E-state index contributed by atoms with van der Waals surface area (Å²) in [4.78, 5) is 4.46. The van der Waals surface area contributed by atoms with Crippen molar-refractivity contribution in [3.63, 3.8) is 0 Å². The normalized spacial score (nSPS) is 16.0. The fourth-order valence-electron chi connectivity index (χ4n) is 2.36. The molecule has 2 N–H and O–H groups in total. The Kier molecular flexibility index (Phi) is 3.67. The second-order valence-corrected chi connectivity index (χ2v) is 7.68. The van der Waals surface area contributed by atoms with Gasteiger partial charge in [0.25, 0.3) is 0 Å². The van der Waals surface area contributed by atoms with Crippen LogP contribution in [0.1, 0.15) is 18.1 Å². The number of benzene rings is 2. The molecule has 2 aromatic rings. The Bertz CT molecular complexity index is 771. The van der Waals surface area contributed by atoms with Gasteiger partial charge in [-0.3, -0.25) is 0 Å². The van der Waals surface area contributed by atoms with Crippen LogP contribution in [0.25, 0.3) is 0 Å². The highest BCUT2D eigenvalue weighted by atomic mass is 32.2. The molecule has 0 spiro atoms. The van der Waals surface area contributed by atoms with E-state index in [0.717, 1.165) is 5.70 Å². The molecule has 2 nitrogen and oxygen atoms in total. The van der Waals surface area contributed by atoms with E-state index in [1.807, 2.05) is 43.3 Å². The van der Waals surface area contributed by atoms with Crippen molar-refractivity contribution >= 4 is 25.1 Å². The number of hydrogen-bond donors (Lipinski definition) is 1. The molecule has 1 aliphatic rings. The zero-order valence-corrected chi connectivity index (χ0v) is 12.8. The molecular formula is C18H18N2S. The van der Waals surface area contributed by atoms with Crippen LogP contribution in [-0.2, 0) is 0 Å². The molecule has 0 unspecified atom stereocenters. The lowest BCUT2D eigenvalue weighted by atomic mass is 10.2. The molecule has 0 aliphatic carbocycles. The van der Waals surface area contributed by atoms with Crippen LogP contribution in [0.4, 0.5) is 0 Å². The molecule has 0 aromatic heterocycles. The first-order valence-electron chi connectivity index (χ1n) is 6.83. The Labute approximate surface area is 126 Å². The van der Waals surface area contributed by atoms with Crippen molar-refractivity contribution in [2.24, 2.45) is 10.7 Å². The Morgan fingerprint density at radius 3 is 1.71 bits per heavy atom. The molecule has 3 rings (SSSR count). The molecule has 0 amide bonds. The summed E-state index contributed by atoms with van der Waals surface area (Å²) in [6, 6.07) is 20.6. The van der Waals surface area contributed by atoms with Crippen molar-refractivity contribution in [3.8, 4) is 0 Å². The Morgan fingerprint density at radius 2 is 1.33 bits per heavy atom. The maximum atomic E-state index is 6.27. The van der Waals surface area contributed by atoms with Gasteiger partial charge in [-0.1, -0.05) is 60.7 Å². The highest BCUT2D eigenvalue weighted by Crippen LogP contribution is 2.35. The van der Waals surface area contributed by atoms with Gasteiger partial charge < -0.3 is 5.73 Å².